The fourth-order valence-corrected chi connectivity index (χ4v) is 3.83. The van der Waals surface area contributed by atoms with Crippen molar-refractivity contribution in [3.05, 3.63) is 22.4 Å². The van der Waals surface area contributed by atoms with E-state index in [0.29, 0.717) is 11.4 Å². The summed E-state index contributed by atoms with van der Waals surface area (Å²) in [6.07, 6.45) is 7.25. The van der Waals surface area contributed by atoms with Crippen LogP contribution in [-0.4, -0.2) is 32.3 Å². The van der Waals surface area contributed by atoms with Gasteiger partial charge in [0.15, 0.2) is 5.96 Å². The predicted octanol–water partition coefficient (Wildman–Crippen LogP) is 3.80. The summed E-state index contributed by atoms with van der Waals surface area (Å²) >= 11 is 1.78. The molecule has 0 amide bonds. The number of rotatable bonds is 9. The van der Waals surface area contributed by atoms with Crippen molar-refractivity contribution in [1.82, 2.24) is 5.32 Å². The third kappa shape index (κ3) is 7.39. The molecule has 6 heteroatoms. The smallest absolute Gasteiger partial charge is 0.188 e. The molecule has 1 aromatic rings. The van der Waals surface area contributed by atoms with E-state index in [9.17, 15) is 0 Å². The number of thiophene rings is 1. The Morgan fingerprint density at radius 1 is 1.43 bits per heavy atom. The van der Waals surface area contributed by atoms with Gasteiger partial charge in [0.05, 0.1) is 0 Å². The first-order chi connectivity index (χ1) is 10.7. The lowest BCUT2D eigenvalue weighted by Crippen LogP contribution is -2.35. The molecule has 0 aliphatic heterocycles. The maximum absolute atomic E-state index is 6.02. The Morgan fingerprint density at radius 2 is 2.22 bits per heavy atom. The topological polar surface area (TPSA) is 59.6 Å². The molecule has 3 N–H and O–H groups in total. The van der Waals surface area contributed by atoms with Crippen LogP contribution >= 0.6 is 35.3 Å². The zero-order valence-corrected chi connectivity index (χ0v) is 17.2. The van der Waals surface area contributed by atoms with Gasteiger partial charge in [0.2, 0.25) is 0 Å². The Labute approximate surface area is 161 Å². The van der Waals surface area contributed by atoms with Gasteiger partial charge in [-0.3, -0.25) is 4.99 Å². The van der Waals surface area contributed by atoms with Crippen LogP contribution in [0.25, 0.3) is 0 Å². The molecule has 1 fully saturated rings. The Hall–Kier alpha value is -0.340. The third-order valence-corrected chi connectivity index (χ3v) is 5.42. The van der Waals surface area contributed by atoms with Gasteiger partial charge in [-0.15, -0.1) is 35.3 Å². The van der Waals surface area contributed by atoms with Gasteiger partial charge in [-0.1, -0.05) is 18.9 Å². The molecule has 0 unspecified atom stereocenters. The van der Waals surface area contributed by atoms with Gasteiger partial charge in [0, 0.05) is 31.2 Å². The summed E-state index contributed by atoms with van der Waals surface area (Å²) in [5, 5.41) is 5.34. The Kier molecular flexibility index (Phi) is 10.1. The number of hydrogen-bond donors (Lipinski definition) is 2. The molecule has 1 aliphatic rings. The van der Waals surface area contributed by atoms with Crippen molar-refractivity contribution in [2.75, 3.05) is 26.3 Å². The number of ether oxygens (including phenoxy) is 1. The number of guanidine groups is 1. The second-order valence-electron chi connectivity index (χ2n) is 6.11. The Morgan fingerprint density at radius 3 is 2.87 bits per heavy atom. The molecule has 1 aromatic heterocycles. The summed E-state index contributed by atoms with van der Waals surface area (Å²) in [5.41, 5.74) is 6.33. The second kappa shape index (κ2) is 11.3. The SMILES string of the molecule is CCOCCC1(CN=C(N)NCCc2cccs2)CCCC1.I. The van der Waals surface area contributed by atoms with Gasteiger partial charge in [-0.05, 0) is 49.5 Å². The van der Waals surface area contributed by atoms with Crippen molar-refractivity contribution < 1.29 is 4.74 Å². The van der Waals surface area contributed by atoms with Crippen LogP contribution in [0.1, 0.15) is 43.9 Å². The Bertz CT molecular complexity index is 445. The molecule has 0 bridgehead atoms. The summed E-state index contributed by atoms with van der Waals surface area (Å²) in [6, 6.07) is 4.24. The molecule has 0 spiro atoms. The summed E-state index contributed by atoms with van der Waals surface area (Å²) < 4.78 is 5.54. The maximum atomic E-state index is 6.02. The number of nitrogens with two attached hydrogens (primary N) is 1. The van der Waals surface area contributed by atoms with E-state index in [1.165, 1.54) is 30.6 Å². The molecule has 23 heavy (non-hydrogen) atoms. The molecular formula is C17H30IN3OS. The molecule has 1 saturated carbocycles. The van der Waals surface area contributed by atoms with Crippen LogP contribution in [0.5, 0.6) is 0 Å². The maximum Gasteiger partial charge on any atom is 0.188 e. The van der Waals surface area contributed by atoms with Gasteiger partial charge >= 0.3 is 0 Å². The van der Waals surface area contributed by atoms with Crippen molar-refractivity contribution in [3.63, 3.8) is 0 Å². The highest BCUT2D eigenvalue weighted by Crippen LogP contribution is 2.41. The van der Waals surface area contributed by atoms with E-state index in [1.807, 2.05) is 0 Å². The highest BCUT2D eigenvalue weighted by Gasteiger charge is 2.33. The van der Waals surface area contributed by atoms with Crippen LogP contribution in [0.3, 0.4) is 0 Å². The fourth-order valence-electron chi connectivity index (χ4n) is 3.12. The van der Waals surface area contributed by atoms with Gasteiger partial charge in [0.1, 0.15) is 0 Å². The van der Waals surface area contributed by atoms with E-state index in [0.717, 1.165) is 39.1 Å². The molecule has 1 heterocycles. The highest BCUT2D eigenvalue weighted by molar-refractivity contribution is 14.0. The average molecular weight is 451 g/mol. The van der Waals surface area contributed by atoms with E-state index in [-0.39, 0.29) is 24.0 Å². The van der Waals surface area contributed by atoms with Crippen molar-refractivity contribution in [3.8, 4) is 0 Å². The number of nitrogens with one attached hydrogen (secondary N) is 1. The molecular weight excluding hydrogens is 421 g/mol. The second-order valence-corrected chi connectivity index (χ2v) is 7.14. The highest BCUT2D eigenvalue weighted by atomic mass is 127. The molecule has 4 nitrogen and oxygen atoms in total. The quantitative estimate of drug-likeness (QED) is 0.260. The van der Waals surface area contributed by atoms with Crippen molar-refractivity contribution in [1.29, 1.82) is 0 Å². The first-order valence-electron chi connectivity index (χ1n) is 8.38. The van der Waals surface area contributed by atoms with Crippen LogP contribution < -0.4 is 11.1 Å². The minimum atomic E-state index is 0. The average Bonchev–Trinajstić information content (AvgIpc) is 3.18. The molecule has 0 aromatic carbocycles. The van der Waals surface area contributed by atoms with Gasteiger partial charge in [-0.25, -0.2) is 0 Å². The fraction of sp³-hybridized carbons (Fsp3) is 0.706. The van der Waals surface area contributed by atoms with E-state index in [1.54, 1.807) is 11.3 Å². The monoisotopic (exact) mass is 451 g/mol. The molecule has 0 radical (unpaired) electrons. The molecule has 1 aliphatic carbocycles. The van der Waals surface area contributed by atoms with Crippen LogP contribution in [0.15, 0.2) is 22.5 Å². The minimum absolute atomic E-state index is 0. The lowest BCUT2D eigenvalue weighted by molar-refractivity contribution is 0.107. The lowest BCUT2D eigenvalue weighted by Gasteiger charge is -2.27. The zero-order valence-electron chi connectivity index (χ0n) is 14.1. The largest absolute Gasteiger partial charge is 0.382 e. The lowest BCUT2D eigenvalue weighted by atomic mass is 9.83. The Balaban J connectivity index is 0.00000264. The first-order valence-corrected chi connectivity index (χ1v) is 9.26. The number of nitrogens with zero attached hydrogens (tertiary/aromatic N) is 1. The summed E-state index contributed by atoms with van der Waals surface area (Å²) in [6.45, 7) is 5.37. The van der Waals surface area contributed by atoms with E-state index in [2.05, 4.69) is 34.7 Å². The van der Waals surface area contributed by atoms with Gasteiger partial charge in [0.25, 0.3) is 0 Å². The van der Waals surface area contributed by atoms with Crippen LogP contribution in [-0.2, 0) is 11.2 Å². The number of aliphatic imine (C=N–C) groups is 1. The first kappa shape index (κ1) is 20.7. The summed E-state index contributed by atoms with van der Waals surface area (Å²) in [5.74, 6) is 0.583. The molecule has 0 atom stereocenters. The van der Waals surface area contributed by atoms with E-state index in [4.69, 9.17) is 10.5 Å². The standard InChI is InChI=1S/C17H29N3OS.HI/c1-2-21-12-10-17(8-3-4-9-17)14-20-16(18)19-11-7-15-6-5-13-22-15;/h5-6,13H,2-4,7-12,14H2,1H3,(H3,18,19,20);1H. The predicted molar refractivity (Wildman–Crippen MR) is 110 cm³/mol. The molecule has 0 saturated heterocycles. The molecule has 2 rings (SSSR count). The van der Waals surface area contributed by atoms with E-state index < -0.39 is 0 Å². The van der Waals surface area contributed by atoms with Gasteiger partial charge < -0.3 is 15.8 Å². The summed E-state index contributed by atoms with van der Waals surface area (Å²) in [4.78, 5) is 5.99. The van der Waals surface area contributed by atoms with Crippen molar-refractivity contribution in [2.45, 2.75) is 45.4 Å². The summed E-state index contributed by atoms with van der Waals surface area (Å²) in [7, 11) is 0. The van der Waals surface area contributed by atoms with E-state index >= 15 is 0 Å². The van der Waals surface area contributed by atoms with Crippen molar-refractivity contribution >= 4 is 41.3 Å². The third-order valence-electron chi connectivity index (χ3n) is 4.49. The normalized spacial score (nSPS) is 17.0. The van der Waals surface area contributed by atoms with Crippen molar-refractivity contribution in [2.24, 2.45) is 16.1 Å². The van der Waals surface area contributed by atoms with Gasteiger partial charge in [-0.2, -0.15) is 0 Å². The van der Waals surface area contributed by atoms with Crippen LogP contribution in [0.2, 0.25) is 0 Å². The number of halogens is 1. The minimum Gasteiger partial charge on any atom is -0.382 e. The molecule has 132 valence electrons. The van der Waals surface area contributed by atoms with Crippen LogP contribution in [0, 0.1) is 5.41 Å². The number of hydrogen-bond acceptors (Lipinski definition) is 3. The zero-order chi connectivity index (χ0) is 15.7. The van der Waals surface area contributed by atoms with Crippen LogP contribution in [0.4, 0.5) is 0 Å².